The Kier molecular flexibility index (Phi) is 5.23. The van der Waals surface area contributed by atoms with Crippen LogP contribution in [-0.2, 0) is 4.79 Å². The SMILES string of the molecule is CC(Oc1ccc([C@@H](C)NC(=O)[C@@H]2C[C@H]2c2c(F)cc(F)cc2F)nc1)C1CC1. The Morgan fingerprint density at radius 2 is 1.86 bits per heavy atom. The summed E-state index contributed by atoms with van der Waals surface area (Å²) in [5.41, 5.74) is 0.449. The fourth-order valence-corrected chi connectivity index (χ4v) is 3.70. The molecule has 1 N–H and O–H groups in total. The van der Waals surface area contributed by atoms with E-state index in [1.54, 1.807) is 19.2 Å². The van der Waals surface area contributed by atoms with Gasteiger partial charge in [-0.1, -0.05) is 0 Å². The van der Waals surface area contributed by atoms with Crippen LogP contribution < -0.4 is 10.1 Å². The number of carbonyl (C=O) groups is 1. The number of nitrogens with zero attached hydrogens (tertiary/aromatic N) is 1. The minimum Gasteiger partial charge on any atom is -0.489 e. The number of halogens is 3. The maximum atomic E-state index is 13.9. The number of ether oxygens (including phenoxy) is 1. The molecule has 4 atom stereocenters. The van der Waals surface area contributed by atoms with E-state index in [4.69, 9.17) is 4.74 Å². The third-order valence-corrected chi connectivity index (χ3v) is 5.71. The first-order valence-corrected chi connectivity index (χ1v) is 9.91. The summed E-state index contributed by atoms with van der Waals surface area (Å²) in [6.45, 7) is 3.84. The molecule has 2 aliphatic carbocycles. The molecule has 4 nitrogen and oxygen atoms in total. The molecule has 29 heavy (non-hydrogen) atoms. The van der Waals surface area contributed by atoms with E-state index in [-0.39, 0.29) is 23.6 Å². The molecule has 0 radical (unpaired) electrons. The summed E-state index contributed by atoms with van der Waals surface area (Å²) in [5, 5.41) is 2.84. The van der Waals surface area contributed by atoms with Gasteiger partial charge in [-0.2, -0.15) is 0 Å². The Bertz CT molecular complexity index is 892. The number of pyridine rings is 1. The van der Waals surface area contributed by atoms with Gasteiger partial charge in [-0.05, 0) is 51.2 Å². The second-order valence-electron chi connectivity index (χ2n) is 8.04. The second kappa shape index (κ2) is 7.69. The Morgan fingerprint density at radius 3 is 2.45 bits per heavy atom. The molecule has 0 saturated heterocycles. The van der Waals surface area contributed by atoms with Crippen LogP contribution >= 0.6 is 0 Å². The van der Waals surface area contributed by atoms with E-state index in [0.29, 0.717) is 35.9 Å². The van der Waals surface area contributed by atoms with Crippen LogP contribution in [-0.4, -0.2) is 17.0 Å². The van der Waals surface area contributed by atoms with Gasteiger partial charge < -0.3 is 10.1 Å². The molecule has 4 rings (SSSR count). The average Bonchev–Trinajstić information content (AvgIpc) is 3.54. The van der Waals surface area contributed by atoms with E-state index in [1.807, 2.05) is 13.0 Å². The molecule has 154 valence electrons. The lowest BCUT2D eigenvalue weighted by Gasteiger charge is -2.16. The fourth-order valence-electron chi connectivity index (χ4n) is 3.70. The maximum absolute atomic E-state index is 13.9. The van der Waals surface area contributed by atoms with Crippen molar-refractivity contribution in [1.82, 2.24) is 10.3 Å². The largest absolute Gasteiger partial charge is 0.489 e. The highest BCUT2D eigenvalue weighted by atomic mass is 19.1. The normalized spacial score (nSPS) is 22.7. The number of nitrogens with one attached hydrogen (secondary N) is 1. The molecular formula is C22H23F3N2O2. The van der Waals surface area contributed by atoms with Gasteiger partial charge in [0, 0.05) is 29.5 Å². The number of benzene rings is 1. The minimum atomic E-state index is -0.968. The molecule has 2 aromatic rings. The van der Waals surface area contributed by atoms with Gasteiger partial charge in [-0.25, -0.2) is 13.2 Å². The zero-order valence-corrected chi connectivity index (χ0v) is 16.3. The van der Waals surface area contributed by atoms with Crippen molar-refractivity contribution in [2.75, 3.05) is 0 Å². The maximum Gasteiger partial charge on any atom is 0.224 e. The molecule has 0 aliphatic heterocycles. The molecule has 1 aromatic heterocycles. The smallest absolute Gasteiger partial charge is 0.224 e. The average molecular weight is 404 g/mol. The highest BCUT2D eigenvalue weighted by molar-refractivity contribution is 5.83. The number of hydrogen-bond donors (Lipinski definition) is 1. The van der Waals surface area contributed by atoms with E-state index in [0.717, 1.165) is 0 Å². The van der Waals surface area contributed by atoms with Crippen LogP contribution in [0.1, 0.15) is 56.3 Å². The van der Waals surface area contributed by atoms with Gasteiger partial charge in [-0.15, -0.1) is 0 Å². The van der Waals surface area contributed by atoms with E-state index in [2.05, 4.69) is 10.3 Å². The number of amides is 1. The first-order valence-electron chi connectivity index (χ1n) is 9.91. The molecule has 2 fully saturated rings. The molecular weight excluding hydrogens is 381 g/mol. The van der Waals surface area contributed by atoms with Crippen LogP contribution in [0.2, 0.25) is 0 Å². The highest BCUT2D eigenvalue weighted by Gasteiger charge is 2.47. The summed E-state index contributed by atoms with van der Waals surface area (Å²) in [7, 11) is 0. The topological polar surface area (TPSA) is 51.2 Å². The molecule has 0 bridgehead atoms. The van der Waals surface area contributed by atoms with Gasteiger partial charge in [0.05, 0.1) is 24.0 Å². The molecule has 1 aromatic carbocycles. The van der Waals surface area contributed by atoms with Crippen molar-refractivity contribution in [3.05, 3.63) is 59.2 Å². The predicted octanol–water partition coefficient (Wildman–Crippen LogP) is 4.66. The zero-order valence-electron chi connectivity index (χ0n) is 16.3. The summed E-state index contributed by atoms with van der Waals surface area (Å²) in [6.07, 6.45) is 4.53. The Balaban J connectivity index is 1.34. The molecule has 0 spiro atoms. The summed E-state index contributed by atoms with van der Waals surface area (Å²) in [5.74, 6) is -2.96. The van der Waals surface area contributed by atoms with E-state index in [1.165, 1.54) is 12.8 Å². The lowest BCUT2D eigenvalue weighted by molar-refractivity contribution is -0.123. The molecule has 2 saturated carbocycles. The quantitative estimate of drug-likeness (QED) is 0.730. The number of carbonyl (C=O) groups excluding carboxylic acids is 1. The van der Waals surface area contributed by atoms with E-state index in [9.17, 15) is 18.0 Å². The van der Waals surface area contributed by atoms with Crippen LogP contribution in [0.25, 0.3) is 0 Å². The highest BCUT2D eigenvalue weighted by Crippen LogP contribution is 2.49. The van der Waals surface area contributed by atoms with Crippen molar-refractivity contribution in [3.8, 4) is 5.75 Å². The Labute approximate surface area is 167 Å². The van der Waals surface area contributed by atoms with Crippen molar-refractivity contribution in [2.45, 2.75) is 51.2 Å². The van der Waals surface area contributed by atoms with Crippen LogP contribution in [0.4, 0.5) is 13.2 Å². The molecule has 1 amide bonds. The second-order valence-corrected chi connectivity index (χ2v) is 8.04. The van der Waals surface area contributed by atoms with Gasteiger partial charge in [0.15, 0.2) is 0 Å². The van der Waals surface area contributed by atoms with Gasteiger partial charge >= 0.3 is 0 Å². The van der Waals surface area contributed by atoms with Gasteiger partial charge in [0.25, 0.3) is 0 Å². The minimum absolute atomic E-state index is 0.166. The van der Waals surface area contributed by atoms with Crippen molar-refractivity contribution < 1.29 is 22.7 Å². The van der Waals surface area contributed by atoms with Crippen LogP contribution in [0.5, 0.6) is 5.75 Å². The summed E-state index contributed by atoms with van der Waals surface area (Å²) >= 11 is 0. The zero-order chi connectivity index (χ0) is 20.7. The molecule has 1 heterocycles. The summed E-state index contributed by atoms with van der Waals surface area (Å²) in [4.78, 5) is 16.8. The lowest BCUT2D eigenvalue weighted by atomic mass is 10.1. The van der Waals surface area contributed by atoms with E-state index < -0.39 is 29.3 Å². The monoisotopic (exact) mass is 404 g/mol. The fraction of sp³-hybridized carbons (Fsp3) is 0.455. The number of hydrogen-bond acceptors (Lipinski definition) is 3. The summed E-state index contributed by atoms with van der Waals surface area (Å²) < 4.78 is 46.8. The van der Waals surface area contributed by atoms with Crippen LogP contribution in [0, 0.1) is 29.3 Å². The number of rotatable bonds is 7. The van der Waals surface area contributed by atoms with E-state index >= 15 is 0 Å². The standard InChI is InChI=1S/C22H23F3N2O2/c1-11(20-6-5-15(10-26-20)29-12(2)13-3-4-13)27-22(28)17-9-16(17)21-18(24)7-14(23)8-19(21)25/h5-8,10-13,16-17H,3-4,9H2,1-2H3,(H,27,28)/t11-,12?,16-,17-/m1/s1. The number of aromatic nitrogens is 1. The van der Waals surface area contributed by atoms with Gasteiger partial charge in [-0.3, -0.25) is 9.78 Å². The third kappa shape index (κ3) is 4.38. The third-order valence-electron chi connectivity index (χ3n) is 5.71. The van der Waals surface area contributed by atoms with Crippen LogP contribution in [0.3, 0.4) is 0 Å². The first-order chi connectivity index (χ1) is 13.8. The van der Waals surface area contributed by atoms with Gasteiger partial charge in [0.1, 0.15) is 23.2 Å². The Morgan fingerprint density at radius 1 is 1.17 bits per heavy atom. The van der Waals surface area contributed by atoms with Crippen molar-refractivity contribution in [3.63, 3.8) is 0 Å². The lowest BCUT2D eigenvalue weighted by Crippen LogP contribution is -2.29. The van der Waals surface area contributed by atoms with Gasteiger partial charge in [0.2, 0.25) is 5.91 Å². The summed E-state index contributed by atoms with van der Waals surface area (Å²) in [6, 6.07) is 4.55. The molecule has 7 heteroatoms. The van der Waals surface area contributed by atoms with Crippen LogP contribution in [0.15, 0.2) is 30.5 Å². The van der Waals surface area contributed by atoms with Crippen molar-refractivity contribution in [1.29, 1.82) is 0 Å². The predicted molar refractivity (Wildman–Crippen MR) is 101 cm³/mol. The van der Waals surface area contributed by atoms with Crippen molar-refractivity contribution >= 4 is 5.91 Å². The molecule has 1 unspecified atom stereocenters. The molecule has 2 aliphatic rings. The van der Waals surface area contributed by atoms with Crippen molar-refractivity contribution in [2.24, 2.45) is 11.8 Å². The first kappa shape index (κ1) is 19.7. The Hall–Kier alpha value is -2.57.